The van der Waals surface area contributed by atoms with Gasteiger partial charge in [0.1, 0.15) is 0 Å². The largest absolute Gasteiger partial charge is 0.481 e. The lowest BCUT2D eigenvalue weighted by molar-refractivity contribution is -0.189. The van der Waals surface area contributed by atoms with Gasteiger partial charge < -0.3 is 10.2 Å². The maximum Gasteiger partial charge on any atom is 0.326 e. The second kappa shape index (κ2) is 3.94. The van der Waals surface area contributed by atoms with Gasteiger partial charge in [-0.05, 0) is 12.8 Å². The lowest BCUT2D eigenvalue weighted by Crippen LogP contribution is -2.67. The zero-order valence-electron chi connectivity index (χ0n) is 9.65. The van der Waals surface area contributed by atoms with Crippen molar-refractivity contribution in [2.24, 2.45) is 10.8 Å². The molecule has 6 nitrogen and oxygen atoms in total. The Morgan fingerprint density at radius 1 is 1.18 bits per heavy atom. The number of rotatable bonds is 5. The summed E-state index contributed by atoms with van der Waals surface area (Å²) in [5, 5.41) is 18.4. The molecule has 0 aromatic carbocycles. The van der Waals surface area contributed by atoms with E-state index in [0.29, 0.717) is 0 Å². The Labute approximate surface area is 97.6 Å². The van der Waals surface area contributed by atoms with Crippen molar-refractivity contribution in [1.29, 1.82) is 0 Å². The number of hydrogen-bond donors (Lipinski definition) is 2. The Morgan fingerprint density at radius 3 is 1.71 bits per heavy atom. The van der Waals surface area contributed by atoms with Gasteiger partial charge in [-0.3, -0.25) is 19.2 Å². The summed E-state index contributed by atoms with van der Waals surface area (Å²) in [6.07, 6.45) is -0.646. The van der Waals surface area contributed by atoms with Crippen LogP contribution in [0.3, 0.4) is 0 Å². The zero-order valence-corrected chi connectivity index (χ0v) is 9.65. The molecule has 6 heteroatoms. The van der Waals surface area contributed by atoms with Crippen LogP contribution in [0.2, 0.25) is 0 Å². The van der Waals surface area contributed by atoms with E-state index in [9.17, 15) is 24.3 Å². The third kappa shape index (κ3) is 1.26. The Hall–Kier alpha value is -1.72. The van der Waals surface area contributed by atoms with Crippen molar-refractivity contribution in [1.82, 2.24) is 0 Å². The molecule has 1 aliphatic carbocycles. The molecule has 2 N–H and O–H groups in total. The van der Waals surface area contributed by atoms with Crippen LogP contribution < -0.4 is 0 Å². The molecule has 0 saturated heterocycles. The molecule has 0 amide bonds. The SMILES string of the molecule is CCC(CC)(C(=O)O)C1(C(=O)O)C(=O)CC1=O. The normalized spacial score (nSPS) is 18.7. The van der Waals surface area contributed by atoms with E-state index in [2.05, 4.69) is 0 Å². The minimum absolute atomic E-state index is 0.0807. The molecule has 1 aliphatic rings. The third-order valence-corrected chi connectivity index (χ3v) is 3.81. The molecule has 1 rings (SSSR count). The molecule has 0 atom stereocenters. The lowest BCUT2D eigenvalue weighted by atomic mass is 9.49. The monoisotopic (exact) mass is 242 g/mol. The van der Waals surface area contributed by atoms with Gasteiger partial charge in [0.05, 0.1) is 11.8 Å². The first kappa shape index (κ1) is 13.3. The molecular weight excluding hydrogens is 228 g/mol. The molecule has 1 fully saturated rings. The predicted octanol–water partition coefficient (Wildman–Crippen LogP) is 0.490. The highest BCUT2D eigenvalue weighted by atomic mass is 16.4. The topological polar surface area (TPSA) is 109 Å². The highest BCUT2D eigenvalue weighted by Crippen LogP contribution is 2.53. The van der Waals surface area contributed by atoms with E-state index in [1.165, 1.54) is 13.8 Å². The fraction of sp³-hybridized carbons (Fsp3) is 0.636. The molecule has 94 valence electrons. The highest BCUT2D eigenvalue weighted by Gasteiger charge is 2.73. The number of carbonyl (C=O) groups excluding carboxylic acids is 2. The number of carbonyl (C=O) groups is 4. The first-order valence-corrected chi connectivity index (χ1v) is 5.34. The molecule has 0 aliphatic heterocycles. The minimum atomic E-state index is -2.39. The van der Waals surface area contributed by atoms with E-state index in [4.69, 9.17) is 5.11 Å². The summed E-state index contributed by atoms with van der Waals surface area (Å²) in [4.78, 5) is 45.9. The van der Waals surface area contributed by atoms with Crippen LogP contribution in [-0.4, -0.2) is 33.7 Å². The van der Waals surface area contributed by atoms with Gasteiger partial charge in [0.2, 0.25) is 5.41 Å². The van der Waals surface area contributed by atoms with Crippen LogP contribution in [0.4, 0.5) is 0 Å². The second-order valence-corrected chi connectivity index (χ2v) is 4.17. The Bertz CT molecular complexity index is 376. The quantitative estimate of drug-likeness (QED) is 0.679. The summed E-state index contributed by atoms with van der Waals surface area (Å²) >= 11 is 0. The molecule has 1 saturated carbocycles. The standard InChI is InChI=1S/C11H14O6/c1-3-10(4-2,8(14)15)11(9(16)17)6(12)5-7(11)13/h3-5H2,1-2H3,(H,14,15)(H,16,17). The second-order valence-electron chi connectivity index (χ2n) is 4.17. The Kier molecular flexibility index (Phi) is 3.09. The fourth-order valence-corrected chi connectivity index (χ4v) is 2.68. The van der Waals surface area contributed by atoms with Crippen LogP contribution in [0, 0.1) is 10.8 Å². The van der Waals surface area contributed by atoms with Crippen molar-refractivity contribution in [3.63, 3.8) is 0 Å². The fourth-order valence-electron chi connectivity index (χ4n) is 2.68. The third-order valence-electron chi connectivity index (χ3n) is 3.81. The molecule has 0 aromatic heterocycles. The molecular formula is C11H14O6. The van der Waals surface area contributed by atoms with E-state index in [0.717, 1.165) is 0 Å². The highest BCUT2D eigenvalue weighted by molar-refractivity contribution is 6.37. The van der Waals surface area contributed by atoms with Crippen LogP contribution >= 0.6 is 0 Å². The smallest absolute Gasteiger partial charge is 0.326 e. The van der Waals surface area contributed by atoms with Crippen LogP contribution in [0.5, 0.6) is 0 Å². The molecule has 0 bridgehead atoms. The van der Waals surface area contributed by atoms with Crippen molar-refractivity contribution in [3.8, 4) is 0 Å². The number of aliphatic carboxylic acids is 2. The maximum atomic E-state index is 11.6. The Morgan fingerprint density at radius 2 is 1.59 bits per heavy atom. The van der Waals surface area contributed by atoms with Gasteiger partial charge >= 0.3 is 11.9 Å². The molecule has 0 spiro atoms. The number of carboxylic acids is 2. The number of hydrogen-bond acceptors (Lipinski definition) is 4. The molecule has 0 unspecified atom stereocenters. The van der Waals surface area contributed by atoms with E-state index < -0.39 is 40.8 Å². The number of Topliss-reactive ketones (excluding diaryl/α,β-unsaturated/α-hetero) is 2. The van der Waals surface area contributed by atoms with Crippen molar-refractivity contribution in [2.75, 3.05) is 0 Å². The average molecular weight is 242 g/mol. The molecule has 0 heterocycles. The van der Waals surface area contributed by atoms with Crippen LogP contribution in [0.1, 0.15) is 33.1 Å². The summed E-state index contributed by atoms with van der Waals surface area (Å²) in [6.45, 7) is 2.95. The summed E-state index contributed by atoms with van der Waals surface area (Å²) in [7, 11) is 0. The predicted molar refractivity (Wildman–Crippen MR) is 55.4 cm³/mol. The van der Waals surface area contributed by atoms with E-state index >= 15 is 0 Å². The molecule has 0 aromatic rings. The zero-order chi connectivity index (χ0) is 13.4. The summed E-state index contributed by atoms with van der Waals surface area (Å²) in [6, 6.07) is 0. The summed E-state index contributed by atoms with van der Waals surface area (Å²) in [5.74, 6) is -4.67. The van der Waals surface area contributed by atoms with Gasteiger partial charge in [-0.2, -0.15) is 0 Å². The average Bonchev–Trinajstić information content (AvgIpc) is 2.24. The van der Waals surface area contributed by atoms with Crippen molar-refractivity contribution < 1.29 is 29.4 Å². The Balaban J connectivity index is 3.51. The van der Waals surface area contributed by atoms with Crippen LogP contribution in [0.15, 0.2) is 0 Å². The van der Waals surface area contributed by atoms with E-state index in [1.807, 2.05) is 0 Å². The van der Waals surface area contributed by atoms with Crippen LogP contribution in [0.25, 0.3) is 0 Å². The number of ketones is 2. The minimum Gasteiger partial charge on any atom is -0.481 e. The van der Waals surface area contributed by atoms with Gasteiger partial charge in [-0.25, -0.2) is 0 Å². The lowest BCUT2D eigenvalue weighted by Gasteiger charge is -2.46. The summed E-state index contributed by atoms with van der Waals surface area (Å²) in [5.41, 5.74) is -4.23. The maximum absolute atomic E-state index is 11.6. The van der Waals surface area contributed by atoms with Crippen molar-refractivity contribution in [3.05, 3.63) is 0 Å². The van der Waals surface area contributed by atoms with E-state index in [1.54, 1.807) is 0 Å². The summed E-state index contributed by atoms with van der Waals surface area (Å²) < 4.78 is 0. The molecule has 0 radical (unpaired) electrons. The van der Waals surface area contributed by atoms with Crippen LogP contribution in [-0.2, 0) is 19.2 Å². The van der Waals surface area contributed by atoms with Gasteiger partial charge in [0.25, 0.3) is 0 Å². The van der Waals surface area contributed by atoms with Crippen molar-refractivity contribution in [2.45, 2.75) is 33.1 Å². The van der Waals surface area contributed by atoms with Gasteiger partial charge in [0, 0.05) is 0 Å². The van der Waals surface area contributed by atoms with Crippen molar-refractivity contribution >= 4 is 23.5 Å². The van der Waals surface area contributed by atoms with Gasteiger partial charge in [-0.15, -0.1) is 0 Å². The number of carboxylic acid groups (broad SMARTS) is 2. The van der Waals surface area contributed by atoms with E-state index in [-0.39, 0.29) is 12.8 Å². The van der Waals surface area contributed by atoms with Gasteiger partial charge in [0.15, 0.2) is 11.6 Å². The first-order valence-electron chi connectivity index (χ1n) is 5.34. The molecule has 17 heavy (non-hydrogen) atoms. The first-order chi connectivity index (χ1) is 7.81. The van der Waals surface area contributed by atoms with Gasteiger partial charge in [-0.1, -0.05) is 13.8 Å².